The predicted molar refractivity (Wildman–Crippen MR) is 205 cm³/mol. The van der Waals surface area contributed by atoms with Gasteiger partial charge in [-0.1, -0.05) is 152 Å². The monoisotopic (exact) mass is 639 g/mol. The Hall–Kier alpha value is -6.78. The summed E-state index contributed by atoms with van der Waals surface area (Å²) >= 11 is 0. The third kappa shape index (κ3) is 4.39. The van der Waals surface area contributed by atoms with Gasteiger partial charge in [0.15, 0.2) is 11.4 Å². The molecule has 4 heteroatoms. The van der Waals surface area contributed by atoms with Gasteiger partial charge in [-0.15, -0.1) is 0 Å². The SMILES string of the molecule is c1ccc(-c2nc(-c3ccccc3)c(-c3cccc4oc5c(-n6c7ccccc7c7ccccc76)cccc5c34)c(-c3ccccc3)n2)cc1. The fourth-order valence-electron chi connectivity index (χ4n) is 7.44. The van der Waals surface area contributed by atoms with Gasteiger partial charge in [0.1, 0.15) is 5.58 Å². The van der Waals surface area contributed by atoms with Gasteiger partial charge in [0.2, 0.25) is 0 Å². The number of nitrogens with zero attached hydrogens (tertiary/aromatic N) is 3. The molecular weight excluding hydrogens is 611 g/mol. The molecule has 3 heterocycles. The Morgan fingerprint density at radius 2 is 0.920 bits per heavy atom. The Balaban J connectivity index is 1.31. The van der Waals surface area contributed by atoms with Gasteiger partial charge in [-0.05, 0) is 29.8 Å². The number of para-hydroxylation sites is 3. The fraction of sp³-hybridized carbons (Fsp3) is 0. The van der Waals surface area contributed by atoms with Crippen LogP contribution in [-0.4, -0.2) is 14.5 Å². The number of hydrogen-bond acceptors (Lipinski definition) is 3. The van der Waals surface area contributed by atoms with Crippen LogP contribution in [0, 0.1) is 0 Å². The molecule has 0 aliphatic carbocycles. The van der Waals surface area contributed by atoms with E-state index in [0.29, 0.717) is 5.82 Å². The maximum Gasteiger partial charge on any atom is 0.160 e. The minimum absolute atomic E-state index is 0.685. The van der Waals surface area contributed by atoms with Crippen LogP contribution in [0.3, 0.4) is 0 Å². The second-order valence-corrected chi connectivity index (χ2v) is 12.5. The first kappa shape index (κ1) is 28.3. The summed E-state index contributed by atoms with van der Waals surface area (Å²) in [5, 5.41) is 4.51. The van der Waals surface area contributed by atoms with Crippen molar-refractivity contribution in [3.8, 4) is 50.7 Å². The Bertz CT molecular complexity index is 2740. The Kier molecular flexibility index (Phi) is 6.46. The Labute approximate surface area is 288 Å². The van der Waals surface area contributed by atoms with Crippen LogP contribution < -0.4 is 0 Å². The van der Waals surface area contributed by atoms with E-state index < -0.39 is 0 Å². The van der Waals surface area contributed by atoms with Crippen molar-refractivity contribution in [2.24, 2.45) is 0 Å². The molecule has 4 nitrogen and oxygen atoms in total. The van der Waals surface area contributed by atoms with Crippen molar-refractivity contribution in [1.82, 2.24) is 14.5 Å². The second kappa shape index (κ2) is 11.4. The highest BCUT2D eigenvalue weighted by Crippen LogP contribution is 2.46. The summed E-state index contributed by atoms with van der Waals surface area (Å²) in [6.07, 6.45) is 0. The zero-order valence-corrected chi connectivity index (χ0v) is 27.0. The van der Waals surface area contributed by atoms with E-state index in [1.54, 1.807) is 0 Å². The lowest BCUT2D eigenvalue weighted by atomic mass is 9.91. The summed E-state index contributed by atoms with van der Waals surface area (Å²) in [4.78, 5) is 10.7. The smallest absolute Gasteiger partial charge is 0.160 e. The molecule has 0 aliphatic heterocycles. The molecule has 10 aromatic rings. The van der Waals surface area contributed by atoms with Crippen LogP contribution in [0.5, 0.6) is 0 Å². The maximum absolute atomic E-state index is 6.89. The van der Waals surface area contributed by atoms with E-state index in [1.165, 1.54) is 10.8 Å². The molecule has 0 fully saturated rings. The lowest BCUT2D eigenvalue weighted by Gasteiger charge is -2.17. The van der Waals surface area contributed by atoms with Crippen molar-refractivity contribution in [3.63, 3.8) is 0 Å². The van der Waals surface area contributed by atoms with Crippen molar-refractivity contribution in [1.29, 1.82) is 0 Å². The molecule has 0 saturated heterocycles. The van der Waals surface area contributed by atoms with Crippen LogP contribution in [0.2, 0.25) is 0 Å². The van der Waals surface area contributed by atoms with Gasteiger partial charge in [0.25, 0.3) is 0 Å². The molecule has 0 N–H and O–H groups in total. The lowest BCUT2D eigenvalue weighted by Crippen LogP contribution is -2.01. The lowest BCUT2D eigenvalue weighted by molar-refractivity contribution is 0.666. The summed E-state index contributed by atoms with van der Waals surface area (Å²) < 4.78 is 9.22. The van der Waals surface area contributed by atoms with E-state index in [9.17, 15) is 0 Å². The van der Waals surface area contributed by atoms with Crippen molar-refractivity contribution in [2.45, 2.75) is 0 Å². The molecule has 0 spiro atoms. The molecule has 0 unspecified atom stereocenters. The third-order valence-electron chi connectivity index (χ3n) is 9.63. The molecule has 10 rings (SSSR count). The Morgan fingerprint density at radius 1 is 0.420 bits per heavy atom. The summed E-state index contributed by atoms with van der Waals surface area (Å²) in [6.45, 7) is 0. The van der Waals surface area contributed by atoms with E-state index in [4.69, 9.17) is 14.4 Å². The van der Waals surface area contributed by atoms with Crippen molar-refractivity contribution >= 4 is 43.7 Å². The molecule has 7 aromatic carbocycles. The van der Waals surface area contributed by atoms with Crippen LogP contribution in [-0.2, 0) is 0 Å². The van der Waals surface area contributed by atoms with Crippen LogP contribution in [0.15, 0.2) is 180 Å². The van der Waals surface area contributed by atoms with Crippen LogP contribution in [0.4, 0.5) is 0 Å². The molecule has 234 valence electrons. The summed E-state index contributed by atoms with van der Waals surface area (Å²) in [6, 6.07) is 61.1. The molecule has 50 heavy (non-hydrogen) atoms. The molecule has 0 aliphatic rings. The normalized spacial score (nSPS) is 11.6. The fourth-order valence-corrected chi connectivity index (χ4v) is 7.44. The largest absolute Gasteiger partial charge is 0.454 e. The average Bonchev–Trinajstić information content (AvgIpc) is 3.75. The van der Waals surface area contributed by atoms with Crippen LogP contribution >= 0.6 is 0 Å². The zero-order chi connectivity index (χ0) is 33.0. The van der Waals surface area contributed by atoms with Crippen molar-refractivity contribution in [3.05, 3.63) is 176 Å². The van der Waals surface area contributed by atoms with Gasteiger partial charge < -0.3 is 8.98 Å². The minimum Gasteiger partial charge on any atom is -0.454 e. The molecule has 0 radical (unpaired) electrons. The van der Waals surface area contributed by atoms with Crippen LogP contribution in [0.1, 0.15) is 0 Å². The summed E-state index contributed by atoms with van der Waals surface area (Å²) in [5.74, 6) is 0.685. The summed E-state index contributed by atoms with van der Waals surface area (Å²) in [5.41, 5.74) is 11.7. The molecular formula is C46H29N3O. The number of benzene rings is 7. The Morgan fingerprint density at radius 3 is 1.52 bits per heavy atom. The molecule has 3 aromatic heterocycles. The van der Waals surface area contributed by atoms with Crippen molar-refractivity contribution in [2.75, 3.05) is 0 Å². The molecule has 0 atom stereocenters. The number of aromatic nitrogens is 3. The van der Waals surface area contributed by atoms with Crippen molar-refractivity contribution < 1.29 is 4.42 Å². The van der Waals surface area contributed by atoms with E-state index in [2.05, 4.69) is 150 Å². The summed E-state index contributed by atoms with van der Waals surface area (Å²) in [7, 11) is 0. The highest BCUT2D eigenvalue weighted by Gasteiger charge is 2.25. The first-order valence-corrected chi connectivity index (χ1v) is 16.8. The first-order valence-electron chi connectivity index (χ1n) is 16.8. The number of furan rings is 1. The standard InChI is InChI=1S/C46H29N3O/c1-4-16-30(17-5-1)43-42(44(31-18-6-2-7-19-31)48-46(47-43)32-20-8-3-9-21-32)35-24-15-29-40-41(35)36-25-14-28-39(45(36)50-40)49-37-26-12-10-22-33(37)34-23-11-13-27-38(34)49/h1-29H. The quantitative estimate of drug-likeness (QED) is 0.188. The average molecular weight is 640 g/mol. The number of hydrogen-bond donors (Lipinski definition) is 0. The van der Waals surface area contributed by atoms with Gasteiger partial charge in [-0.25, -0.2) is 9.97 Å². The van der Waals surface area contributed by atoms with Gasteiger partial charge in [-0.2, -0.15) is 0 Å². The van der Waals surface area contributed by atoms with Gasteiger partial charge in [0.05, 0.1) is 28.1 Å². The molecule has 0 bridgehead atoms. The zero-order valence-electron chi connectivity index (χ0n) is 27.0. The third-order valence-corrected chi connectivity index (χ3v) is 9.63. The maximum atomic E-state index is 6.89. The van der Waals surface area contributed by atoms with E-state index in [1.807, 2.05) is 30.3 Å². The highest BCUT2D eigenvalue weighted by molar-refractivity contribution is 6.17. The molecule has 0 saturated carbocycles. The van der Waals surface area contributed by atoms with Gasteiger partial charge in [0, 0.05) is 43.8 Å². The predicted octanol–water partition coefficient (Wildman–Crippen LogP) is 12.1. The number of rotatable bonds is 5. The van der Waals surface area contributed by atoms with E-state index in [0.717, 1.165) is 77.9 Å². The van der Waals surface area contributed by atoms with Gasteiger partial charge in [-0.3, -0.25) is 0 Å². The second-order valence-electron chi connectivity index (χ2n) is 12.5. The topological polar surface area (TPSA) is 43.9 Å². The van der Waals surface area contributed by atoms with E-state index >= 15 is 0 Å². The first-order chi connectivity index (χ1) is 24.8. The minimum atomic E-state index is 0.685. The van der Waals surface area contributed by atoms with E-state index in [-0.39, 0.29) is 0 Å². The highest BCUT2D eigenvalue weighted by atomic mass is 16.3. The number of fused-ring (bicyclic) bond motifs is 6. The van der Waals surface area contributed by atoms with Crippen LogP contribution in [0.25, 0.3) is 94.5 Å². The van der Waals surface area contributed by atoms with Gasteiger partial charge >= 0.3 is 0 Å². The molecule has 0 amide bonds.